The van der Waals surface area contributed by atoms with Crippen LogP contribution >= 0.6 is 0 Å². The average Bonchev–Trinajstić information content (AvgIpc) is 3.03. The molecule has 0 atom stereocenters. The van der Waals surface area contributed by atoms with Crippen molar-refractivity contribution in [3.05, 3.63) is 46.9 Å². The van der Waals surface area contributed by atoms with E-state index in [1.807, 2.05) is 0 Å². The second-order valence-electron chi connectivity index (χ2n) is 6.11. The highest BCUT2D eigenvalue weighted by atomic mass is 16.6. The lowest BCUT2D eigenvalue weighted by molar-refractivity contribution is -0.384. The Morgan fingerprint density at radius 3 is 2.62 bits per heavy atom. The van der Waals surface area contributed by atoms with E-state index in [9.17, 15) is 14.9 Å². The van der Waals surface area contributed by atoms with E-state index >= 15 is 0 Å². The zero-order valence-corrected chi connectivity index (χ0v) is 13.4. The van der Waals surface area contributed by atoms with Gasteiger partial charge in [-0.15, -0.1) is 0 Å². The minimum absolute atomic E-state index is 0.0249. The predicted molar refractivity (Wildman–Crippen MR) is 89.3 cm³/mol. The fourth-order valence-electron chi connectivity index (χ4n) is 3.12. The highest BCUT2D eigenvalue weighted by molar-refractivity contribution is 5.77. The molecule has 7 heteroatoms. The average molecular weight is 328 g/mol. The summed E-state index contributed by atoms with van der Waals surface area (Å²) in [6, 6.07) is 6.52. The van der Waals surface area contributed by atoms with Crippen LogP contribution in [0.3, 0.4) is 0 Å². The van der Waals surface area contributed by atoms with Gasteiger partial charge in [-0.3, -0.25) is 14.9 Å². The molecule has 0 saturated heterocycles. The van der Waals surface area contributed by atoms with Crippen molar-refractivity contribution in [2.45, 2.75) is 44.7 Å². The third kappa shape index (κ3) is 3.79. The number of nitro benzene ring substituents is 1. The van der Waals surface area contributed by atoms with Gasteiger partial charge in [0.15, 0.2) is 0 Å². The number of hydrogen-bond donors (Lipinski definition) is 1. The van der Waals surface area contributed by atoms with Crippen molar-refractivity contribution in [2.75, 3.05) is 0 Å². The topological polar surface area (TPSA) is 90.1 Å². The van der Waals surface area contributed by atoms with Crippen molar-refractivity contribution < 1.29 is 9.72 Å². The molecule has 1 heterocycles. The Hall–Kier alpha value is -2.70. The Kier molecular flexibility index (Phi) is 4.88. The first kappa shape index (κ1) is 16.2. The molecule has 126 valence electrons. The molecule has 0 spiro atoms. The van der Waals surface area contributed by atoms with Crippen molar-refractivity contribution in [2.24, 2.45) is 0 Å². The fraction of sp³-hybridized carbons (Fsp3) is 0.412. The van der Waals surface area contributed by atoms with Crippen molar-refractivity contribution >= 4 is 11.6 Å². The van der Waals surface area contributed by atoms with Crippen LogP contribution in [0.15, 0.2) is 36.8 Å². The van der Waals surface area contributed by atoms with Gasteiger partial charge >= 0.3 is 0 Å². The summed E-state index contributed by atoms with van der Waals surface area (Å²) >= 11 is 0. The number of nitro groups is 1. The smallest absolute Gasteiger partial charge is 0.269 e. The standard InChI is InChI=1S/C17H20N4O3/c22-17(19-14-4-2-1-3-5-14)11-20-12-18-10-16(20)13-6-8-15(9-7-13)21(23)24/h6-10,12,14H,1-5,11H2,(H,19,22). The third-order valence-electron chi connectivity index (χ3n) is 4.37. The van der Waals surface area contributed by atoms with Gasteiger partial charge in [0.05, 0.1) is 23.1 Å². The van der Waals surface area contributed by atoms with Gasteiger partial charge in [0.1, 0.15) is 6.54 Å². The zero-order valence-electron chi connectivity index (χ0n) is 13.4. The minimum atomic E-state index is -0.432. The highest BCUT2D eigenvalue weighted by Crippen LogP contribution is 2.22. The van der Waals surface area contributed by atoms with Crippen LogP contribution in [-0.4, -0.2) is 26.4 Å². The summed E-state index contributed by atoms with van der Waals surface area (Å²) in [7, 11) is 0. The lowest BCUT2D eigenvalue weighted by Gasteiger charge is -2.23. The Morgan fingerprint density at radius 2 is 1.96 bits per heavy atom. The van der Waals surface area contributed by atoms with Gasteiger partial charge in [-0.25, -0.2) is 4.98 Å². The summed E-state index contributed by atoms with van der Waals surface area (Å²) in [4.78, 5) is 26.7. The number of non-ortho nitro benzene ring substituents is 1. The van der Waals surface area contributed by atoms with Gasteiger partial charge in [0.2, 0.25) is 5.91 Å². The van der Waals surface area contributed by atoms with Gasteiger partial charge in [0.25, 0.3) is 5.69 Å². The fourth-order valence-corrected chi connectivity index (χ4v) is 3.12. The monoisotopic (exact) mass is 328 g/mol. The molecule has 1 aromatic carbocycles. The molecule has 0 aliphatic heterocycles. The van der Waals surface area contributed by atoms with E-state index in [2.05, 4.69) is 10.3 Å². The number of hydrogen-bond acceptors (Lipinski definition) is 4. The largest absolute Gasteiger partial charge is 0.352 e. The van der Waals surface area contributed by atoms with E-state index in [1.165, 1.54) is 31.4 Å². The van der Waals surface area contributed by atoms with Crippen LogP contribution in [-0.2, 0) is 11.3 Å². The molecule has 3 rings (SSSR count). The number of aromatic nitrogens is 2. The maximum absolute atomic E-state index is 12.3. The molecule has 2 aromatic rings. The molecule has 7 nitrogen and oxygen atoms in total. The van der Waals surface area contributed by atoms with E-state index in [0.717, 1.165) is 24.1 Å². The van der Waals surface area contributed by atoms with Crippen LogP contribution in [0, 0.1) is 10.1 Å². The molecule has 0 bridgehead atoms. The summed E-state index contributed by atoms with van der Waals surface area (Å²) in [6.07, 6.45) is 8.95. The second kappa shape index (κ2) is 7.25. The van der Waals surface area contributed by atoms with Crippen LogP contribution in [0.2, 0.25) is 0 Å². The first-order valence-corrected chi connectivity index (χ1v) is 8.18. The lowest BCUT2D eigenvalue weighted by atomic mass is 9.95. The molecule has 1 amide bonds. The van der Waals surface area contributed by atoms with Gasteiger partial charge in [0, 0.05) is 23.7 Å². The number of amides is 1. The van der Waals surface area contributed by atoms with E-state index in [0.29, 0.717) is 0 Å². The molecule has 1 saturated carbocycles. The summed E-state index contributed by atoms with van der Waals surface area (Å²) in [5.74, 6) is -0.0249. The van der Waals surface area contributed by atoms with E-state index < -0.39 is 4.92 Å². The number of nitrogens with one attached hydrogen (secondary N) is 1. The van der Waals surface area contributed by atoms with Crippen molar-refractivity contribution in [3.63, 3.8) is 0 Å². The molecule has 1 N–H and O–H groups in total. The molecule has 1 aromatic heterocycles. The number of nitrogens with zero attached hydrogens (tertiary/aromatic N) is 3. The minimum Gasteiger partial charge on any atom is -0.352 e. The van der Waals surface area contributed by atoms with E-state index in [4.69, 9.17) is 0 Å². The molecule has 1 aliphatic rings. The Labute approximate surface area is 139 Å². The van der Waals surface area contributed by atoms with Crippen LogP contribution < -0.4 is 5.32 Å². The van der Waals surface area contributed by atoms with Crippen molar-refractivity contribution in [1.82, 2.24) is 14.9 Å². The molecule has 1 aliphatic carbocycles. The molecule has 0 radical (unpaired) electrons. The van der Waals surface area contributed by atoms with Gasteiger partial charge in [-0.1, -0.05) is 19.3 Å². The van der Waals surface area contributed by atoms with Gasteiger partial charge < -0.3 is 9.88 Å². The van der Waals surface area contributed by atoms with Crippen molar-refractivity contribution in [3.8, 4) is 11.3 Å². The Balaban J connectivity index is 1.68. The summed E-state index contributed by atoms with van der Waals surface area (Å²) in [5.41, 5.74) is 1.60. The maximum Gasteiger partial charge on any atom is 0.269 e. The molecular weight excluding hydrogens is 308 g/mol. The van der Waals surface area contributed by atoms with Gasteiger partial charge in [-0.2, -0.15) is 0 Å². The second-order valence-corrected chi connectivity index (χ2v) is 6.11. The summed E-state index contributed by atoms with van der Waals surface area (Å²) in [6.45, 7) is 0.197. The quantitative estimate of drug-likeness (QED) is 0.675. The van der Waals surface area contributed by atoms with Crippen LogP contribution in [0.25, 0.3) is 11.3 Å². The first-order chi connectivity index (χ1) is 11.6. The highest BCUT2D eigenvalue weighted by Gasteiger charge is 2.17. The van der Waals surface area contributed by atoms with Crippen LogP contribution in [0.4, 0.5) is 5.69 Å². The third-order valence-corrected chi connectivity index (χ3v) is 4.37. The normalized spacial score (nSPS) is 15.2. The number of rotatable bonds is 5. The zero-order chi connectivity index (χ0) is 16.9. The SMILES string of the molecule is O=C(Cn1cncc1-c1ccc([N+](=O)[O-])cc1)NC1CCCCC1. The van der Waals surface area contributed by atoms with E-state index in [1.54, 1.807) is 29.2 Å². The molecular formula is C17H20N4O3. The molecule has 0 unspecified atom stereocenters. The van der Waals surface area contributed by atoms with Crippen LogP contribution in [0.5, 0.6) is 0 Å². The summed E-state index contributed by atoms with van der Waals surface area (Å²) < 4.78 is 1.76. The van der Waals surface area contributed by atoms with E-state index in [-0.39, 0.29) is 24.2 Å². The molecule has 1 fully saturated rings. The lowest BCUT2D eigenvalue weighted by Crippen LogP contribution is -2.38. The maximum atomic E-state index is 12.3. The van der Waals surface area contributed by atoms with Gasteiger partial charge in [-0.05, 0) is 25.0 Å². The number of imidazole rings is 1. The van der Waals surface area contributed by atoms with Crippen molar-refractivity contribution in [1.29, 1.82) is 0 Å². The Morgan fingerprint density at radius 1 is 1.25 bits per heavy atom. The Bertz CT molecular complexity index is 718. The first-order valence-electron chi connectivity index (χ1n) is 8.18. The summed E-state index contributed by atoms with van der Waals surface area (Å²) in [5, 5.41) is 13.8. The number of carbonyl (C=O) groups is 1. The number of carbonyl (C=O) groups excluding carboxylic acids is 1. The predicted octanol–water partition coefficient (Wildman–Crippen LogP) is 2.91. The van der Waals surface area contributed by atoms with Crippen LogP contribution in [0.1, 0.15) is 32.1 Å². The number of benzene rings is 1. The molecule has 24 heavy (non-hydrogen) atoms.